The smallest absolute Gasteiger partial charge is 0.225 e. The molecule has 1 aliphatic heterocycles. The maximum atomic E-state index is 12.4. The Morgan fingerprint density at radius 3 is 2.95 bits per heavy atom. The topological polar surface area (TPSA) is 48.0 Å². The van der Waals surface area contributed by atoms with Crippen molar-refractivity contribution < 1.29 is 19.0 Å². The van der Waals surface area contributed by atoms with E-state index in [0.717, 1.165) is 30.8 Å². The van der Waals surface area contributed by atoms with Gasteiger partial charge in [0.2, 0.25) is 5.91 Å². The van der Waals surface area contributed by atoms with Crippen LogP contribution < -0.4 is 4.74 Å². The fraction of sp³-hybridized carbons (Fsp3) is 0.588. The van der Waals surface area contributed by atoms with Crippen LogP contribution in [0.15, 0.2) is 24.3 Å². The number of amides is 1. The van der Waals surface area contributed by atoms with Gasteiger partial charge in [0, 0.05) is 26.8 Å². The van der Waals surface area contributed by atoms with Gasteiger partial charge in [-0.3, -0.25) is 4.79 Å². The zero-order valence-electron chi connectivity index (χ0n) is 13.4. The molecule has 1 amide bonds. The summed E-state index contributed by atoms with van der Waals surface area (Å²) in [5, 5.41) is 0. The summed E-state index contributed by atoms with van der Waals surface area (Å²) in [6.07, 6.45) is 2.64. The van der Waals surface area contributed by atoms with Crippen molar-refractivity contribution in [3.63, 3.8) is 0 Å². The first-order valence-electron chi connectivity index (χ1n) is 7.74. The second-order valence-corrected chi connectivity index (χ2v) is 5.50. The number of rotatable bonds is 8. The molecule has 5 heteroatoms. The predicted molar refractivity (Wildman–Crippen MR) is 83.9 cm³/mol. The Hall–Kier alpha value is -1.59. The SMILES string of the molecule is COCCC(=O)N(Cc1cccc(OC)c1)CC1CCCO1. The minimum absolute atomic E-state index is 0.0974. The van der Waals surface area contributed by atoms with E-state index in [9.17, 15) is 4.79 Å². The lowest BCUT2D eigenvalue weighted by Gasteiger charge is -2.26. The molecule has 0 aromatic heterocycles. The first-order chi connectivity index (χ1) is 10.7. The summed E-state index contributed by atoms with van der Waals surface area (Å²) in [4.78, 5) is 14.3. The van der Waals surface area contributed by atoms with Crippen LogP contribution in [0.25, 0.3) is 0 Å². The third-order valence-corrected chi connectivity index (χ3v) is 3.83. The first kappa shape index (κ1) is 16.8. The van der Waals surface area contributed by atoms with Gasteiger partial charge in [-0.25, -0.2) is 0 Å². The van der Waals surface area contributed by atoms with Crippen LogP contribution in [0.3, 0.4) is 0 Å². The van der Waals surface area contributed by atoms with Gasteiger partial charge in [0.25, 0.3) is 0 Å². The second-order valence-electron chi connectivity index (χ2n) is 5.50. The van der Waals surface area contributed by atoms with E-state index in [0.29, 0.717) is 26.1 Å². The molecule has 1 aromatic carbocycles. The highest BCUT2D eigenvalue weighted by atomic mass is 16.5. The molecule has 1 heterocycles. The molecule has 1 atom stereocenters. The van der Waals surface area contributed by atoms with Gasteiger partial charge < -0.3 is 19.1 Å². The van der Waals surface area contributed by atoms with Crippen molar-refractivity contribution in [2.75, 3.05) is 34.0 Å². The molecule has 0 aliphatic carbocycles. The van der Waals surface area contributed by atoms with Crippen molar-refractivity contribution in [3.05, 3.63) is 29.8 Å². The Morgan fingerprint density at radius 2 is 2.27 bits per heavy atom. The molecule has 0 bridgehead atoms. The molecule has 22 heavy (non-hydrogen) atoms. The molecule has 1 aromatic rings. The third-order valence-electron chi connectivity index (χ3n) is 3.83. The summed E-state index contributed by atoms with van der Waals surface area (Å²) < 4.78 is 15.9. The minimum atomic E-state index is 0.0974. The Labute approximate surface area is 132 Å². The third kappa shape index (κ3) is 5.00. The molecule has 0 saturated carbocycles. The Bertz CT molecular complexity index is 471. The van der Waals surface area contributed by atoms with Crippen LogP contribution in [-0.2, 0) is 20.8 Å². The molecule has 1 unspecified atom stereocenters. The molecule has 1 aliphatic rings. The van der Waals surface area contributed by atoms with Crippen molar-refractivity contribution in [3.8, 4) is 5.75 Å². The van der Waals surface area contributed by atoms with Crippen molar-refractivity contribution in [2.24, 2.45) is 0 Å². The quantitative estimate of drug-likeness (QED) is 0.739. The van der Waals surface area contributed by atoms with Crippen molar-refractivity contribution in [1.82, 2.24) is 4.90 Å². The lowest BCUT2D eigenvalue weighted by Crippen LogP contribution is -2.37. The Kier molecular flexibility index (Phi) is 6.68. The van der Waals surface area contributed by atoms with E-state index in [-0.39, 0.29) is 12.0 Å². The zero-order valence-corrected chi connectivity index (χ0v) is 13.4. The number of carbonyl (C=O) groups excluding carboxylic acids is 1. The number of carbonyl (C=O) groups is 1. The van der Waals surface area contributed by atoms with Gasteiger partial charge in [0.05, 0.1) is 26.2 Å². The number of benzene rings is 1. The molecule has 5 nitrogen and oxygen atoms in total. The van der Waals surface area contributed by atoms with E-state index in [1.807, 2.05) is 29.2 Å². The van der Waals surface area contributed by atoms with E-state index in [4.69, 9.17) is 14.2 Å². The summed E-state index contributed by atoms with van der Waals surface area (Å²) in [5.41, 5.74) is 1.06. The summed E-state index contributed by atoms with van der Waals surface area (Å²) in [7, 11) is 3.26. The number of methoxy groups -OCH3 is 2. The van der Waals surface area contributed by atoms with Gasteiger partial charge >= 0.3 is 0 Å². The van der Waals surface area contributed by atoms with Crippen molar-refractivity contribution in [2.45, 2.75) is 31.9 Å². The molecule has 0 radical (unpaired) electrons. The van der Waals surface area contributed by atoms with Crippen molar-refractivity contribution in [1.29, 1.82) is 0 Å². The van der Waals surface area contributed by atoms with Crippen LogP contribution in [0.1, 0.15) is 24.8 Å². The van der Waals surface area contributed by atoms with E-state index < -0.39 is 0 Å². The Morgan fingerprint density at radius 1 is 1.41 bits per heavy atom. The molecule has 1 fully saturated rings. The summed E-state index contributed by atoms with van der Waals surface area (Å²) in [6.45, 7) is 2.45. The van der Waals surface area contributed by atoms with Gasteiger partial charge in [-0.15, -0.1) is 0 Å². The van der Waals surface area contributed by atoms with E-state index >= 15 is 0 Å². The number of ether oxygens (including phenoxy) is 3. The van der Waals surface area contributed by atoms with Crippen molar-refractivity contribution >= 4 is 5.91 Å². The molecule has 1 saturated heterocycles. The minimum Gasteiger partial charge on any atom is -0.497 e. The Balaban J connectivity index is 2.02. The van der Waals surface area contributed by atoms with Crippen LogP contribution in [0, 0.1) is 0 Å². The number of hydrogen-bond donors (Lipinski definition) is 0. The largest absolute Gasteiger partial charge is 0.497 e. The summed E-state index contributed by atoms with van der Waals surface area (Å²) in [6, 6.07) is 7.82. The molecule has 122 valence electrons. The lowest BCUT2D eigenvalue weighted by atomic mass is 10.1. The number of nitrogens with zero attached hydrogens (tertiary/aromatic N) is 1. The maximum absolute atomic E-state index is 12.4. The lowest BCUT2D eigenvalue weighted by molar-refractivity contribution is -0.134. The van der Waals surface area contributed by atoms with E-state index in [2.05, 4.69) is 0 Å². The monoisotopic (exact) mass is 307 g/mol. The molecule has 2 rings (SSSR count). The summed E-state index contributed by atoms with van der Waals surface area (Å²) in [5.74, 6) is 0.902. The second kappa shape index (κ2) is 8.76. The van der Waals surface area contributed by atoms with E-state index in [1.165, 1.54) is 0 Å². The molecular weight excluding hydrogens is 282 g/mol. The highest BCUT2D eigenvalue weighted by Gasteiger charge is 2.22. The van der Waals surface area contributed by atoms with Gasteiger partial charge in [-0.2, -0.15) is 0 Å². The number of hydrogen-bond acceptors (Lipinski definition) is 4. The van der Waals surface area contributed by atoms with Crippen LogP contribution >= 0.6 is 0 Å². The molecule has 0 spiro atoms. The highest BCUT2D eigenvalue weighted by Crippen LogP contribution is 2.18. The summed E-state index contributed by atoms with van der Waals surface area (Å²) >= 11 is 0. The van der Waals surface area contributed by atoms with Gasteiger partial charge in [0.1, 0.15) is 5.75 Å². The van der Waals surface area contributed by atoms with Crippen LogP contribution in [0.5, 0.6) is 5.75 Å². The normalized spacial score (nSPS) is 17.5. The van der Waals surface area contributed by atoms with E-state index in [1.54, 1.807) is 14.2 Å². The maximum Gasteiger partial charge on any atom is 0.225 e. The van der Waals surface area contributed by atoms with Crippen LogP contribution in [0.2, 0.25) is 0 Å². The molecular formula is C17H25NO4. The zero-order chi connectivity index (χ0) is 15.8. The average molecular weight is 307 g/mol. The standard InChI is InChI=1S/C17H25NO4/c1-20-10-8-17(19)18(13-16-7-4-9-22-16)12-14-5-3-6-15(11-14)21-2/h3,5-6,11,16H,4,7-10,12-13H2,1-2H3. The van der Waals surface area contributed by atoms with Gasteiger partial charge in [0.15, 0.2) is 0 Å². The van der Waals surface area contributed by atoms with Crippen LogP contribution in [0.4, 0.5) is 0 Å². The first-order valence-corrected chi connectivity index (χ1v) is 7.74. The van der Waals surface area contributed by atoms with Gasteiger partial charge in [-0.1, -0.05) is 12.1 Å². The molecule has 0 N–H and O–H groups in total. The van der Waals surface area contributed by atoms with Gasteiger partial charge in [-0.05, 0) is 30.5 Å². The highest BCUT2D eigenvalue weighted by molar-refractivity contribution is 5.76. The van der Waals surface area contributed by atoms with Crippen LogP contribution in [-0.4, -0.2) is 50.9 Å². The fourth-order valence-electron chi connectivity index (χ4n) is 2.63. The predicted octanol–water partition coefficient (Wildman–Crippen LogP) is 2.24. The average Bonchev–Trinajstić information content (AvgIpc) is 3.05. The fourth-order valence-corrected chi connectivity index (χ4v) is 2.63.